The lowest BCUT2D eigenvalue weighted by atomic mass is 9.85. The van der Waals surface area contributed by atoms with Crippen LogP contribution in [0.1, 0.15) is 47.5 Å². The molecule has 1 aliphatic carbocycles. The fraction of sp³-hybridized carbons (Fsp3) is 0.500. The van der Waals surface area contributed by atoms with E-state index in [0.29, 0.717) is 11.5 Å². The van der Waals surface area contributed by atoms with Crippen LogP contribution >= 0.6 is 0 Å². The highest BCUT2D eigenvalue weighted by Gasteiger charge is 2.26. The van der Waals surface area contributed by atoms with Gasteiger partial charge >= 0.3 is 0 Å². The minimum Gasteiger partial charge on any atom is -0.298 e. The second-order valence-electron chi connectivity index (χ2n) is 4.59. The average molecular weight is 220 g/mol. The Hall–Kier alpha value is -1.18. The van der Waals surface area contributed by atoms with Gasteiger partial charge in [-0.3, -0.25) is 9.18 Å². The molecule has 1 unspecified atom stereocenters. The van der Waals surface area contributed by atoms with Crippen LogP contribution < -0.4 is 0 Å². The van der Waals surface area contributed by atoms with Crippen LogP contribution in [0.15, 0.2) is 24.3 Å². The summed E-state index contributed by atoms with van der Waals surface area (Å²) in [5.74, 6) is 0.523. The van der Waals surface area contributed by atoms with E-state index < -0.39 is 0 Å². The van der Waals surface area contributed by atoms with E-state index in [2.05, 4.69) is 0 Å². The van der Waals surface area contributed by atoms with E-state index in [9.17, 15) is 9.18 Å². The standard InChI is InChI=1S/C14H17FO/c15-9-14(12-3-1-2-4-12)13-7-5-11(10-16)6-8-13/h5-8,10,12,14H,1-4,9H2. The molecule has 2 rings (SSSR count). The number of carbonyl (C=O) groups excluding carboxylic acids is 1. The van der Waals surface area contributed by atoms with Gasteiger partial charge in [0.1, 0.15) is 6.29 Å². The lowest BCUT2D eigenvalue weighted by Crippen LogP contribution is -2.11. The third kappa shape index (κ3) is 2.31. The molecule has 0 spiro atoms. The van der Waals surface area contributed by atoms with Gasteiger partial charge in [0.25, 0.3) is 0 Å². The highest BCUT2D eigenvalue weighted by molar-refractivity contribution is 5.74. The van der Waals surface area contributed by atoms with Crippen molar-refractivity contribution in [2.24, 2.45) is 5.92 Å². The van der Waals surface area contributed by atoms with Gasteiger partial charge in [-0.2, -0.15) is 0 Å². The second kappa shape index (κ2) is 5.24. The predicted octanol–water partition coefficient (Wildman–Crippen LogP) is 3.74. The van der Waals surface area contributed by atoms with Gasteiger partial charge in [0, 0.05) is 11.5 Å². The monoisotopic (exact) mass is 220 g/mol. The lowest BCUT2D eigenvalue weighted by Gasteiger charge is -2.20. The van der Waals surface area contributed by atoms with Gasteiger partial charge < -0.3 is 0 Å². The van der Waals surface area contributed by atoms with Crippen molar-refractivity contribution in [1.82, 2.24) is 0 Å². The highest BCUT2D eigenvalue weighted by atomic mass is 19.1. The van der Waals surface area contributed by atoms with Gasteiger partial charge in [-0.1, -0.05) is 37.1 Å². The Morgan fingerprint density at radius 3 is 2.38 bits per heavy atom. The van der Waals surface area contributed by atoms with Crippen LogP contribution in [0.5, 0.6) is 0 Å². The maximum atomic E-state index is 13.1. The smallest absolute Gasteiger partial charge is 0.150 e. The van der Waals surface area contributed by atoms with E-state index in [1.165, 1.54) is 12.8 Å². The van der Waals surface area contributed by atoms with Crippen LogP contribution in [0.4, 0.5) is 4.39 Å². The molecule has 1 atom stereocenters. The number of hydrogen-bond donors (Lipinski definition) is 0. The van der Waals surface area contributed by atoms with Crippen molar-refractivity contribution in [3.05, 3.63) is 35.4 Å². The van der Waals surface area contributed by atoms with E-state index >= 15 is 0 Å². The first-order valence-electron chi connectivity index (χ1n) is 5.96. The van der Waals surface area contributed by atoms with E-state index in [-0.39, 0.29) is 12.6 Å². The zero-order valence-corrected chi connectivity index (χ0v) is 9.36. The molecule has 1 fully saturated rings. The van der Waals surface area contributed by atoms with Crippen LogP contribution in [-0.4, -0.2) is 13.0 Å². The third-order valence-corrected chi connectivity index (χ3v) is 3.64. The van der Waals surface area contributed by atoms with E-state index in [1.54, 1.807) is 12.1 Å². The topological polar surface area (TPSA) is 17.1 Å². The minimum atomic E-state index is -0.287. The number of halogens is 1. The lowest BCUT2D eigenvalue weighted by molar-refractivity contribution is 0.112. The molecule has 0 amide bonds. The second-order valence-corrected chi connectivity index (χ2v) is 4.59. The molecule has 0 aliphatic heterocycles. The Labute approximate surface area is 95.7 Å². The molecule has 0 aromatic heterocycles. The molecule has 0 radical (unpaired) electrons. The molecular weight excluding hydrogens is 203 g/mol. The van der Waals surface area contributed by atoms with Crippen molar-refractivity contribution >= 4 is 6.29 Å². The van der Waals surface area contributed by atoms with E-state index in [4.69, 9.17) is 0 Å². The van der Waals surface area contributed by atoms with Crippen molar-refractivity contribution in [3.8, 4) is 0 Å². The largest absolute Gasteiger partial charge is 0.298 e. The molecule has 0 bridgehead atoms. The molecular formula is C14H17FO. The van der Waals surface area contributed by atoms with Gasteiger partial charge in [0.15, 0.2) is 0 Å². The highest BCUT2D eigenvalue weighted by Crippen LogP contribution is 2.37. The summed E-state index contributed by atoms with van der Waals surface area (Å²) in [5, 5.41) is 0. The first-order chi connectivity index (χ1) is 7.85. The Bertz CT molecular complexity index is 338. The van der Waals surface area contributed by atoms with Crippen LogP contribution in [0.2, 0.25) is 0 Å². The van der Waals surface area contributed by atoms with Crippen molar-refractivity contribution in [1.29, 1.82) is 0 Å². The molecule has 86 valence electrons. The molecule has 1 nitrogen and oxygen atoms in total. The van der Waals surface area contributed by atoms with Gasteiger partial charge in [-0.15, -0.1) is 0 Å². The van der Waals surface area contributed by atoms with Crippen LogP contribution in [0.25, 0.3) is 0 Å². The normalized spacial score (nSPS) is 18.6. The summed E-state index contributed by atoms with van der Waals surface area (Å²) in [6.07, 6.45) is 5.57. The SMILES string of the molecule is O=Cc1ccc(C(CF)C2CCCC2)cc1. The van der Waals surface area contributed by atoms with Crippen molar-refractivity contribution in [2.45, 2.75) is 31.6 Å². The van der Waals surface area contributed by atoms with Crippen molar-refractivity contribution in [3.63, 3.8) is 0 Å². The molecule has 0 heterocycles. The Balaban J connectivity index is 2.15. The number of hydrogen-bond acceptors (Lipinski definition) is 1. The predicted molar refractivity (Wildman–Crippen MR) is 62.5 cm³/mol. The number of benzene rings is 1. The summed E-state index contributed by atoms with van der Waals surface area (Å²) < 4.78 is 13.1. The number of carbonyl (C=O) groups is 1. The maximum Gasteiger partial charge on any atom is 0.150 e. The zero-order chi connectivity index (χ0) is 11.4. The maximum absolute atomic E-state index is 13.1. The number of aldehydes is 1. The average Bonchev–Trinajstić information content (AvgIpc) is 2.85. The van der Waals surface area contributed by atoms with Gasteiger partial charge in [0.2, 0.25) is 0 Å². The number of rotatable bonds is 4. The van der Waals surface area contributed by atoms with Crippen LogP contribution in [-0.2, 0) is 0 Å². The third-order valence-electron chi connectivity index (χ3n) is 3.64. The zero-order valence-electron chi connectivity index (χ0n) is 9.36. The summed E-state index contributed by atoms with van der Waals surface area (Å²) in [6.45, 7) is -0.287. The van der Waals surface area contributed by atoms with Gasteiger partial charge in [0.05, 0.1) is 6.67 Å². The molecule has 0 saturated heterocycles. The van der Waals surface area contributed by atoms with E-state index in [1.807, 2.05) is 12.1 Å². The fourth-order valence-electron chi connectivity index (χ4n) is 2.67. The summed E-state index contributed by atoms with van der Waals surface area (Å²) in [7, 11) is 0. The summed E-state index contributed by atoms with van der Waals surface area (Å²) in [6, 6.07) is 7.35. The molecule has 1 aromatic rings. The molecule has 1 aromatic carbocycles. The molecule has 2 heteroatoms. The van der Waals surface area contributed by atoms with Crippen molar-refractivity contribution in [2.75, 3.05) is 6.67 Å². The van der Waals surface area contributed by atoms with Crippen LogP contribution in [0.3, 0.4) is 0 Å². The van der Waals surface area contributed by atoms with Gasteiger partial charge in [-0.25, -0.2) is 0 Å². The summed E-state index contributed by atoms with van der Waals surface area (Å²) in [5.41, 5.74) is 1.70. The molecule has 1 saturated carbocycles. The van der Waals surface area contributed by atoms with Crippen LogP contribution in [0, 0.1) is 5.92 Å². The molecule has 16 heavy (non-hydrogen) atoms. The van der Waals surface area contributed by atoms with E-state index in [0.717, 1.165) is 24.7 Å². The quantitative estimate of drug-likeness (QED) is 0.706. The Kier molecular flexibility index (Phi) is 3.70. The first kappa shape index (κ1) is 11.3. The Morgan fingerprint density at radius 1 is 1.25 bits per heavy atom. The summed E-state index contributed by atoms with van der Waals surface area (Å²) >= 11 is 0. The van der Waals surface area contributed by atoms with Gasteiger partial charge in [-0.05, 0) is 24.3 Å². The number of alkyl halides is 1. The Morgan fingerprint density at radius 2 is 1.88 bits per heavy atom. The summed E-state index contributed by atoms with van der Waals surface area (Å²) in [4.78, 5) is 10.5. The molecule has 0 N–H and O–H groups in total. The fourth-order valence-corrected chi connectivity index (χ4v) is 2.67. The molecule has 1 aliphatic rings. The first-order valence-corrected chi connectivity index (χ1v) is 5.96. The minimum absolute atomic E-state index is 0.0307. The van der Waals surface area contributed by atoms with Crippen molar-refractivity contribution < 1.29 is 9.18 Å².